The fourth-order valence-corrected chi connectivity index (χ4v) is 3.34. The molecule has 0 aliphatic rings. The standard InChI is InChI=1S/C19H20N4OS/c1-4-15-7-9-16(10-8-15)18(24)14(3)25-19-20-21-22-23(19)17-11-5-13(2)6-12-17/h5-12,14H,4H2,1-3H3. The molecule has 0 N–H and O–H groups in total. The van der Waals surface area contributed by atoms with Gasteiger partial charge in [-0.15, -0.1) is 5.10 Å². The Morgan fingerprint density at radius 3 is 2.44 bits per heavy atom. The minimum absolute atomic E-state index is 0.0751. The van der Waals surface area contributed by atoms with E-state index in [-0.39, 0.29) is 11.0 Å². The van der Waals surface area contributed by atoms with Crippen LogP contribution >= 0.6 is 11.8 Å². The van der Waals surface area contributed by atoms with Crippen molar-refractivity contribution in [2.75, 3.05) is 0 Å². The lowest BCUT2D eigenvalue weighted by molar-refractivity contribution is 0.0994. The Kier molecular flexibility index (Phi) is 5.28. The van der Waals surface area contributed by atoms with Gasteiger partial charge in [0.2, 0.25) is 5.16 Å². The summed E-state index contributed by atoms with van der Waals surface area (Å²) in [7, 11) is 0. The van der Waals surface area contributed by atoms with Crippen molar-refractivity contribution in [3.63, 3.8) is 0 Å². The minimum Gasteiger partial charge on any atom is -0.293 e. The van der Waals surface area contributed by atoms with Crippen LogP contribution in [0.15, 0.2) is 53.7 Å². The number of rotatable bonds is 6. The molecule has 1 aromatic heterocycles. The van der Waals surface area contributed by atoms with Gasteiger partial charge in [-0.2, -0.15) is 4.68 Å². The molecule has 128 valence electrons. The third-order valence-electron chi connectivity index (χ3n) is 4.02. The number of nitrogens with zero attached hydrogens (tertiary/aromatic N) is 4. The van der Waals surface area contributed by atoms with Crippen LogP contribution < -0.4 is 0 Å². The summed E-state index contributed by atoms with van der Waals surface area (Å²) in [5.41, 5.74) is 3.99. The number of hydrogen-bond acceptors (Lipinski definition) is 5. The zero-order valence-corrected chi connectivity index (χ0v) is 15.3. The average molecular weight is 352 g/mol. The molecular weight excluding hydrogens is 332 g/mol. The van der Waals surface area contributed by atoms with Crippen LogP contribution in [0.4, 0.5) is 0 Å². The maximum Gasteiger partial charge on any atom is 0.214 e. The van der Waals surface area contributed by atoms with Crippen LogP contribution in [0.1, 0.15) is 35.3 Å². The second-order valence-corrected chi connectivity index (χ2v) is 7.19. The van der Waals surface area contributed by atoms with Crippen molar-refractivity contribution in [3.8, 4) is 5.69 Å². The molecule has 0 bridgehead atoms. The summed E-state index contributed by atoms with van der Waals surface area (Å²) in [4.78, 5) is 12.7. The second kappa shape index (κ2) is 7.61. The van der Waals surface area contributed by atoms with Crippen molar-refractivity contribution in [3.05, 3.63) is 65.2 Å². The van der Waals surface area contributed by atoms with E-state index in [2.05, 4.69) is 22.4 Å². The summed E-state index contributed by atoms with van der Waals surface area (Å²) in [5, 5.41) is 12.2. The highest BCUT2D eigenvalue weighted by Crippen LogP contribution is 2.25. The summed E-state index contributed by atoms with van der Waals surface area (Å²) < 4.78 is 1.66. The van der Waals surface area contributed by atoms with Crippen molar-refractivity contribution >= 4 is 17.5 Å². The molecule has 0 fully saturated rings. The van der Waals surface area contributed by atoms with E-state index in [9.17, 15) is 4.79 Å². The van der Waals surface area contributed by atoms with E-state index in [1.54, 1.807) is 4.68 Å². The topological polar surface area (TPSA) is 60.7 Å². The maximum atomic E-state index is 12.7. The summed E-state index contributed by atoms with van der Waals surface area (Å²) >= 11 is 1.37. The van der Waals surface area contributed by atoms with Gasteiger partial charge in [-0.3, -0.25) is 4.79 Å². The van der Waals surface area contributed by atoms with E-state index in [0.717, 1.165) is 12.1 Å². The lowest BCUT2D eigenvalue weighted by Crippen LogP contribution is -2.14. The largest absolute Gasteiger partial charge is 0.293 e. The fraction of sp³-hybridized carbons (Fsp3) is 0.263. The Morgan fingerprint density at radius 2 is 1.80 bits per heavy atom. The number of carbonyl (C=O) groups is 1. The Balaban J connectivity index is 1.77. The molecule has 0 radical (unpaired) electrons. The van der Waals surface area contributed by atoms with Crippen molar-refractivity contribution in [1.82, 2.24) is 20.2 Å². The van der Waals surface area contributed by atoms with Gasteiger partial charge in [-0.1, -0.05) is 60.6 Å². The summed E-state index contributed by atoms with van der Waals surface area (Å²) in [5.74, 6) is 0.0751. The number of tetrazole rings is 1. The SMILES string of the molecule is CCc1ccc(C(=O)C(C)Sc2nnnn2-c2ccc(C)cc2)cc1. The normalized spacial score (nSPS) is 12.1. The van der Waals surface area contributed by atoms with E-state index >= 15 is 0 Å². The van der Waals surface area contributed by atoms with Gasteiger partial charge in [0.1, 0.15) is 0 Å². The number of Topliss-reactive ketones (excluding diaryl/α,β-unsaturated/α-hetero) is 1. The number of hydrogen-bond donors (Lipinski definition) is 0. The summed E-state index contributed by atoms with van der Waals surface area (Å²) in [6.45, 7) is 6.01. The van der Waals surface area contributed by atoms with Crippen molar-refractivity contribution in [1.29, 1.82) is 0 Å². The van der Waals surface area contributed by atoms with Gasteiger partial charge >= 0.3 is 0 Å². The number of thioether (sulfide) groups is 1. The molecule has 6 heteroatoms. The number of aromatic nitrogens is 4. The zero-order valence-electron chi connectivity index (χ0n) is 14.5. The monoisotopic (exact) mass is 352 g/mol. The molecule has 1 atom stereocenters. The third kappa shape index (κ3) is 3.96. The highest BCUT2D eigenvalue weighted by molar-refractivity contribution is 8.00. The first-order valence-electron chi connectivity index (χ1n) is 8.23. The highest BCUT2D eigenvalue weighted by Gasteiger charge is 2.20. The average Bonchev–Trinajstić information content (AvgIpc) is 3.10. The molecule has 0 aliphatic carbocycles. The van der Waals surface area contributed by atoms with Crippen LogP contribution in [0.25, 0.3) is 5.69 Å². The molecule has 25 heavy (non-hydrogen) atoms. The molecule has 0 aliphatic heterocycles. The molecule has 5 nitrogen and oxygen atoms in total. The van der Waals surface area contributed by atoms with Gasteiger partial charge in [0, 0.05) is 5.56 Å². The minimum atomic E-state index is -0.275. The van der Waals surface area contributed by atoms with Gasteiger partial charge in [0.05, 0.1) is 10.9 Å². The van der Waals surface area contributed by atoms with Gasteiger partial charge in [-0.25, -0.2) is 0 Å². The summed E-state index contributed by atoms with van der Waals surface area (Å²) in [6, 6.07) is 15.7. The smallest absolute Gasteiger partial charge is 0.214 e. The van der Waals surface area contributed by atoms with Crippen LogP contribution in [-0.4, -0.2) is 31.2 Å². The molecule has 1 unspecified atom stereocenters. The third-order valence-corrected chi connectivity index (χ3v) is 5.05. The molecule has 0 saturated heterocycles. The van der Waals surface area contributed by atoms with Crippen molar-refractivity contribution < 1.29 is 4.79 Å². The lowest BCUT2D eigenvalue weighted by atomic mass is 10.1. The predicted octanol–water partition coefficient (Wildman–Crippen LogP) is 3.90. The van der Waals surface area contributed by atoms with Crippen LogP contribution in [0.3, 0.4) is 0 Å². The molecule has 3 aromatic rings. The predicted molar refractivity (Wildman–Crippen MR) is 99.4 cm³/mol. The van der Waals surface area contributed by atoms with E-state index in [4.69, 9.17) is 0 Å². The van der Waals surface area contributed by atoms with E-state index in [1.807, 2.05) is 62.4 Å². The first-order chi connectivity index (χ1) is 12.1. The van der Waals surface area contributed by atoms with Crippen LogP contribution in [0.5, 0.6) is 0 Å². The first kappa shape index (κ1) is 17.4. The number of carbonyl (C=O) groups excluding carboxylic acids is 1. The molecule has 1 heterocycles. The molecule has 0 saturated carbocycles. The molecular formula is C19H20N4OS. The lowest BCUT2D eigenvalue weighted by Gasteiger charge is -2.10. The van der Waals surface area contributed by atoms with Gasteiger partial charge in [0.15, 0.2) is 5.78 Å². The zero-order chi connectivity index (χ0) is 17.8. The van der Waals surface area contributed by atoms with E-state index < -0.39 is 0 Å². The van der Waals surface area contributed by atoms with Crippen molar-refractivity contribution in [2.24, 2.45) is 0 Å². The number of ketones is 1. The molecule has 0 spiro atoms. The van der Waals surface area contributed by atoms with Gasteiger partial charge < -0.3 is 0 Å². The van der Waals surface area contributed by atoms with Gasteiger partial charge in [0.25, 0.3) is 0 Å². The Bertz CT molecular complexity index is 856. The Hall–Kier alpha value is -2.47. The number of aryl methyl sites for hydroxylation is 2. The van der Waals surface area contributed by atoms with Crippen LogP contribution in [0, 0.1) is 6.92 Å². The fourth-order valence-electron chi connectivity index (χ4n) is 2.45. The van der Waals surface area contributed by atoms with Crippen LogP contribution in [-0.2, 0) is 6.42 Å². The van der Waals surface area contributed by atoms with Gasteiger partial charge in [-0.05, 0) is 48.4 Å². The van der Waals surface area contributed by atoms with Crippen LogP contribution in [0.2, 0.25) is 0 Å². The quantitative estimate of drug-likeness (QED) is 0.497. The number of benzene rings is 2. The molecule has 0 amide bonds. The first-order valence-corrected chi connectivity index (χ1v) is 9.11. The maximum absolute atomic E-state index is 12.7. The van der Waals surface area contributed by atoms with Crippen molar-refractivity contribution in [2.45, 2.75) is 37.6 Å². The summed E-state index contributed by atoms with van der Waals surface area (Å²) in [6.07, 6.45) is 0.962. The molecule has 2 aromatic carbocycles. The Labute approximate surface area is 151 Å². The van der Waals surface area contributed by atoms with E-state index in [1.165, 1.54) is 22.9 Å². The highest BCUT2D eigenvalue weighted by atomic mass is 32.2. The second-order valence-electron chi connectivity index (χ2n) is 5.88. The molecule has 3 rings (SSSR count). The Morgan fingerprint density at radius 1 is 1.12 bits per heavy atom. The van der Waals surface area contributed by atoms with E-state index in [0.29, 0.717) is 10.7 Å².